The normalized spacial score (nSPS) is 12.0. The number of nitrogens with zero attached hydrogens (tertiary/aromatic N) is 1. The average molecular weight is 343 g/mol. The van der Waals surface area contributed by atoms with Gasteiger partial charge in [0.15, 0.2) is 12.3 Å². The Bertz CT molecular complexity index is 675. The zero-order valence-corrected chi connectivity index (χ0v) is 13.1. The Kier molecular flexibility index (Phi) is 5.95. The maximum absolute atomic E-state index is 12.9. The summed E-state index contributed by atoms with van der Waals surface area (Å²) in [6.07, 6.45) is 1.17. The molecule has 0 spiro atoms. The third kappa shape index (κ3) is 5.22. The molecule has 0 fully saturated rings. The van der Waals surface area contributed by atoms with Crippen LogP contribution in [0.1, 0.15) is 29.7 Å². The summed E-state index contributed by atoms with van der Waals surface area (Å²) in [7, 11) is 0. The maximum Gasteiger partial charge on any atom is 0.273 e. The van der Waals surface area contributed by atoms with Gasteiger partial charge in [0.2, 0.25) is 5.89 Å². The number of rotatable bonds is 7. The molecule has 0 aliphatic heterocycles. The van der Waals surface area contributed by atoms with E-state index in [-0.39, 0.29) is 29.0 Å². The van der Waals surface area contributed by atoms with Gasteiger partial charge in [-0.1, -0.05) is 11.6 Å². The molecule has 0 aliphatic carbocycles. The molecule has 1 aromatic heterocycles. The molecule has 2 N–H and O–H groups in total. The number of ether oxygens (including phenoxy) is 1. The first-order valence-corrected chi connectivity index (χ1v) is 7.32. The fourth-order valence-electron chi connectivity index (χ4n) is 1.70. The summed E-state index contributed by atoms with van der Waals surface area (Å²) in [5, 5.41) is 11.9. The van der Waals surface area contributed by atoms with Gasteiger partial charge in [-0.3, -0.25) is 4.79 Å². The van der Waals surface area contributed by atoms with Crippen LogP contribution >= 0.6 is 11.6 Å². The summed E-state index contributed by atoms with van der Waals surface area (Å²) in [6.45, 7) is 1.92. The van der Waals surface area contributed by atoms with Crippen LogP contribution in [0.4, 0.5) is 4.39 Å². The average Bonchev–Trinajstić information content (AvgIpc) is 2.95. The Labute approximate surface area is 137 Å². The highest BCUT2D eigenvalue weighted by Gasteiger charge is 2.13. The smallest absolute Gasteiger partial charge is 0.273 e. The van der Waals surface area contributed by atoms with E-state index in [0.717, 1.165) is 6.07 Å². The van der Waals surface area contributed by atoms with E-state index >= 15 is 0 Å². The van der Waals surface area contributed by atoms with Gasteiger partial charge in [0, 0.05) is 6.54 Å². The fraction of sp³-hybridized carbons (Fsp3) is 0.333. The number of oxazole rings is 1. The van der Waals surface area contributed by atoms with Gasteiger partial charge >= 0.3 is 0 Å². The highest BCUT2D eigenvalue weighted by Crippen LogP contribution is 2.25. The van der Waals surface area contributed by atoms with Gasteiger partial charge in [0.1, 0.15) is 17.8 Å². The van der Waals surface area contributed by atoms with E-state index < -0.39 is 17.8 Å². The Morgan fingerprint density at radius 3 is 3.04 bits per heavy atom. The topological polar surface area (TPSA) is 84.6 Å². The van der Waals surface area contributed by atoms with E-state index in [2.05, 4.69) is 10.3 Å². The van der Waals surface area contributed by atoms with E-state index in [9.17, 15) is 9.18 Å². The molecule has 6 nitrogen and oxygen atoms in total. The van der Waals surface area contributed by atoms with Crippen molar-refractivity contribution in [2.75, 3.05) is 6.54 Å². The number of amides is 1. The zero-order valence-electron chi connectivity index (χ0n) is 12.4. The number of hydrogen-bond acceptors (Lipinski definition) is 5. The van der Waals surface area contributed by atoms with Gasteiger partial charge in [-0.25, -0.2) is 9.37 Å². The molecule has 2 aromatic rings. The number of nitrogens with one attached hydrogen (secondary N) is 1. The standard InChI is InChI=1S/C15H16ClFN2O4/c1-9(20)4-5-18-15(21)12-7-23-14(19-12)8-22-13-3-2-10(17)6-11(13)16/h2-3,6-7,9,20H,4-5,8H2,1H3,(H,18,21)/t9-/m1/s1. The van der Waals surface area contributed by atoms with Crippen LogP contribution in [0, 0.1) is 5.82 Å². The lowest BCUT2D eigenvalue weighted by Crippen LogP contribution is -2.26. The molecule has 1 amide bonds. The van der Waals surface area contributed by atoms with E-state index in [1.165, 1.54) is 18.4 Å². The second-order valence-corrected chi connectivity index (χ2v) is 5.29. The summed E-state index contributed by atoms with van der Waals surface area (Å²) >= 11 is 5.83. The lowest BCUT2D eigenvalue weighted by atomic mass is 10.3. The van der Waals surface area contributed by atoms with Crippen LogP contribution < -0.4 is 10.1 Å². The highest BCUT2D eigenvalue weighted by atomic mass is 35.5. The van der Waals surface area contributed by atoms with Crippen molar-refractivity contribution in [2.24, 2.45) is 0 Å². The van der Waals surface area contributed by atoms with E-state index in [4.69, 9.17) is 25.9 Å². The number of halogens is 2. The molecule has 0 bridgehead atoms. The van der Waals surface area contributed by atoms with Crippen LogP contribution in [0.5, 0.6) is 5.75 Å². The van der Waals surface area contributed by atoms with Crippen LogP contribution in [0.2, 0.25) is 5.02 Å². The van der Waals surface area contributed by atoms with E-state index in [1.807, 2.05) is 0 Å². The Hall–Kier alpha value is -2.12. The van der Waals surface area contributed by atoms with E-state index in [0.29, 0.717) is 13.0 Å². The van der Waals surface area contributed by atoms with Crippen LogP contribution in [0.25, 0.3) is 0 Å². The molecule has 0 saturated heterocycles. The minimum atomic E-state index is -0.489. The largest absolute Gasteiger partial charge is 0.482 e. The van der Waals surface area contributed by atoms with Crippen molar-refractivity contribution in [3.63, 3.8) is 0 Å². The summed E-state index contributed by atoms with van der Waals surface area (Å²) in [6, 6.07) is 3.75. The first-order valence-electron chi connectivity index (χ1n) is 6.94. The van der Waals surface area contributed by atoms with Gasteiger partial charge in [0.25, 0.3) is 5.91 Å². The number of aromatic nitrogens is 1. The minimum Gasteiger partial charge on any atom is -0.482 e. The minimum absolute atomic E-state index is 0.0493. The first-order chi connectivity index (χ1) is 11.0. The van der Waals surface area contributed by atoms with Crippen LogP contribution in [-0.2, 0) is 6.61 Å². The van der Waals surface area contributed by atoms with Crippen molar-refractivity contribution in [3.8, 4) is 5.75 Å². The van der Waals surface area contributed by atoms with Gasteiger partial charge < -0.3 is 19.6 Å². The third-order valence-corrected chi connectivity index (χ3v) is 3.17. The molecule has 1 aromatic carbocycles. The number of benzene rings is 1. The van der Waals surface area contributed by atoms with Gasteiger partial charge in [-0.2, -0.15) is 0 Å². The lowest BCUT2D eigenvalue weighted by Gasteiger charge is -2.05. The van der Waals surface area contributed by atoms with Crippen molar-refractivity contribution >= 4 is 17.5 Å². The zero-order chi connectivity index (χ0) is 16.8. The molecule has 124 valence electrons. The Morgan fingerprint density at radius 1 is 1.57 bits per heavy atom. The molecule has 0 radical (unpaired) electrons. The summed E-state index contributed by atoms with van der Waals surface area (Å²) in [5.41, 5.74) is 0.111. The highest BCUT2D eigenvalue weighted by molar-refractivity contribution is 6.32. The quantitative estimate of drug-likeness (QED) is 0.807. The summed E-state index contributed by atoms with van der Waals surface area (Å²) < 4.78 is 23.4. The van der Waals surface area contributed by atoms with Gasteiger partial charge in [0.05, 0.1) is 11.1 Å². The number of aliphatic hydroxyl groups excluding tert-OH is 1. The van der Waals surface area contributed by atoms with Crippen LogP contribution in [0.15, 0.2) is 28.9 Å². The monoisotopic (exact) mass is 342 g/mol. The van der Waals surface area contributed by atoms with Gasteiger partial charge in [-0.05, 0) is 31.5 Å². The van der Waals surface area contributed by atoms with Crippen LogP contribution in [-0.4, -0.2) is 28.6 Å². The second-order valence-electron chi connectivity index (χ2n) is 4.88. The fourth-order valence-corrected chi connectivity index (χ4v) is 1.92. The third-order valence-electron chi connectivity index (χ3n) is 2.88. The van der Waals surface area contributed by atoms with E-state index in [1.54, 1.807) is 6.92 Å². The van der Waals surface area contributed by atoms with Gasteiger partial charge in [-0.15, -0.1) is 0 Å². The van der Waals surface area contributed by atoms with Crippen molar-refractivity contribution in [2.45, 2.75) is 26.1 Å². The molecule has 0 saturated carbocycles. The molecule has 0 unspecified atom stereocenters. The summed E-state index contributed by atoms with van der Waals surface area (Å²) in [4.78, 5) is 15.8. The number of hydrogen-bond donors (Lipinski definition) is 2. The molecule has 8 heteroatoms. The molecular formula is C15H16ClFN2O4. The van der Waals surface area contributed by atoms with Crippen molar-refractivity contribution < 1.29 is 23.4 Å². The Morgan fingerprint density at radius 2 is 2.35 bits per heavy atom. The molecule has 23 heavy (non-hydrogen) atoms. The maximum atomic E-state index is 12.9. The predicted molar refractivity (Wildman–Crippen MR) is 80.9 cm³/mol. The second kappa shape index (κ2) is 7.94. The first kappa shape index (κ1) is 17.2. The predicted octanol–water partition coefficient (Wildman–Crippen LogP) is 2.55. The molecule has 1 atom stereocenters. The number of carbonyl (C=O) groups excluding carboxylic acids is 1. The number of aliphatic hydroxyl groups is 1. The SMILES string of the molecule is C[C@@H](O)CCNC(=O)c1coc(COc2ccc(F)cc2Cl)n1. The van der Waals surface area contributed by atoms with Crippen molar-refractivity contribution in [1.82, 2.24) is 10.3 Å². The molecule has 0 aliphatic rings. The lowest BCUT2D eigenvalue weighted by molar-refractivity contribution is 0.0940. The van der Waals surface area contributed by atoms with Crippen LogP contribution in [0.3, 0.4) is 0 Å². The summed E-state index contributed by atoms with van der Waals surface area (Å²) in [5.74, 6) is -0.393. The number of carbonyl (C=O) groups is 1. The molecule has 2 rings (SSSR count). The molecule has 1 heterocycles. The van der Waals surface area contributed by atoms with Crippen molar-refractivity contribution in [3.05, 3.63) is 46.9 Å². The Balaban J connectivity index is 1.88. The van der Waals surface area contributed by atoms with Crippen molar-refractivity contribution in [1.29, 1.82) is 0 Å². The molecular weight excluding hydrogens is 327 g/mol.